The molecule has 0 saturated carbocycles. The lowest BCUT2D eigenvalue weighted by atomic mass is 10.2. The number of fused-ring (bicyclic) bond motifs is 3. The average molecular weight is 489 g/mol. The molecule has 0 radical (unpaired) electrons. The molecule has 1 aliphatic rings. The lowest BCUT2D eigenvalue weighted by Crippen LogP contribution is -2.35. The third-order valence-corrected chi connectivity index (χ3v) is 7.24. The Hall–Kier alpha value is -3.49. The van der Waals surface area contributed by atoms with Crippen LogP contribution in [0.15, 0.2) is 66.0 Å². The molecule has 0 spiro atoms. The van der Waals surface area contributed by atoms with Gasteiger partial charge in [-0.25, -0.2) is 9.38 Å². The second kappa shape index (κ2) is 8.70. The molecular formula is C25H21ClN6OS. The van der Waals surface area contributed by atoms with Crippen molar-refractivity contribution in [3.63, 3.8) is 0 Å². The fourth-order valence-corrected chi connectivity index (χ4v) is 5.26. The lowest BCUT2D eigenvalue weighted by Gasteiger charge is -2.24. The van der Waals surface area contributed by atoms with Crippen LogP contribution in [0.5, 0.6) is 0 Å². The lowest BCUT2D eigenvalue weighted by molar-refractivity contribution is 0.0772. The summed E-state index contributed by atoms with van der Waals surface area (Å²) in [4.78, 5) is 22.9. The Kier molecular flexibility index (Phi) is 5.39. The highest BCUT2D eigenvalue weighted by atomic mass is 35.5. The molecule has 9 heteroatoms. The maximum absolute atomic E-state index is 12.9. The van der Waals surface area contributed by atoms with Gasteiger partial charge in [-0.2, -0.15) is 0 Å². The number of hydrogen-bond donors (Lipinski definition) is 0. The molecule has 34 heavy (non-hydrogen) atoms. The van der Waals surface area contributed by atoms with Gasteiger partial charge in [0.25, 0.3) is 5.91 Å². The fourth-order valence-electron chi connectivity index (χ4n) is 4.44. The molecule has 1 fully saturated rings. The quantitative estimate of drug-likeness (QED) is 0.357. The number of carbonyl (C=O) groups is 1. The second-order valence-corrected chi connectivity index (χ2v) is 9.61. The van der Waals surface area contributed by atoms with Crippen LogP contribution >= 0.6 is 22.9 Å². The van der Waals surface area contributed by atoms with Crippen LogP contribution in [-0.2, 0) is 0 Å². The van der Waals surface area contributed by atoms with E-state index in [1.54, 1.807) is 0 Å². The molecule has 0 atom stereocenters. The van der Waals surface area contributed by atoms with E-state index in [4.69, 9.17) is 16.6 Å². The predicted octanol–water partition coefficient (Wildman–Crippen LogP) is 5.01. The molecule has 170 valence electrons. The van der Waals surface area contributed by atoms with Crippen molar-refractivity contribution in [2.75, 3.05) is 31.1 Å². The Bertz CT molecular complexity index is 1480. The predicted molar refractivity (Wildman–Crippen MR) is 136 cm³/mol. The summed E-state index contributed by atoms with van der Waals surface area (Å²) in [5.74, 6) is 1.60. The first-order chi connectivity index (χ1) is 16.7. The largest absolute Gasteiger partial charge is 0.340 e. The van der Waals surface area contributed by atoms with Gasteiger partial charge in [-0.3, -0.25) is 4.79 Å². The van der Waals surface area contributed by atoms with Crippen molar-refractivity contribution < 1.29 is 4.79 Å². The van der Waals surface area contributed by atoms with E-state index in [1.807, 2.05) is 75.3 Å². The van der Waals surface area contributed by atoms with Crippen molar-refractivity contribution in [3.8, 4) is 11.4 Å². The van der Waals surface area contributed by atoms with E-state index in [9.17, 15) is 4.79 Å². The van der Waals surface area contributed by atoms with Crippen molar-refractivity contribution in [1.82, 2.24) is 24.5 Å². The van der Waals surface area contributed by atoms with Gasteiger partial charge in [0.05, 0.1) is 10.4 Å². The van der Waals surface area contributed by atoms with Crippen molar-refractivity contribution >= 4 is 51.3 Å². The third-order valence-electron chi connectivity index (χ3n) is 6.13. The smallest absolute Gasteiger partial charge is 0.263 e. The molecule has 7 nitrogen and oxygen atoms in total. The molecule has 1 saturated heterocycles. The number of amides is 1. The number of anilines is 1. The van der Waals surface area contributed by atoms with E-state index in [1.165, 1.54) is 11.3 Å². The van der Waals surface area contributed by atoms with Gasteiger partial charge in [0.2, 0.25) is 5.95 Å². The number of halogens is 1. The summed E-state index contributed by atoms with van der Waals surface area (Å²) < 4.78 is 2.03. The standard InChI is InChI=1S/C25H21ClN6OS/c26-18-10-8-17(9-11-18)22-28-29-23-19-5-1-2-6-20(19)27-25(32(22)23)31-13-4-12-30(14-15-31)24(33)21-7-3-16-34-21/h1-3,5-11,16H,4,12-15H2. The van der Waals surface area contributed by atoms with Gasteiger partial charge in [0.1, 0.15) is 0 Å². The average Bonchev–Trinajstić information content (AvgIpc) is 3.50. The van der Waals surface area contributed by atoms with E-state index in [-0.39, 0.29) is 5.91 Å². The molecule has 3 aromatic heterocycles. The van der Waals surface area contributed by atoms with E-state index in [2.05, 4.69) is 15.1 Å². The Morgan fingerprint density at radius 3 is 2.59 bits per heavy atom. The molecule has 4 heterocycles. The van der Waals surface area contributed by atoms with Gasteiger partial charge >= 0.3 is 0 Å². The van der Waals surface area contributed by atoms with Crippen molar-refractivity contribution in [3.05, 3.63) is 75.9 Å². The summed E-state index contributed by atoms with van der Waals surface area (Å²) in [6, 6.07) is 19.4. The number of nitrogens with zero attached hydrogens (tertiary/aromatic N) is 6. The molecule has 5 aromatic rings. The molecular weight excluding hydrogens is 468 g/mol. The van der Waals surface area contributed by atoms with Crippen LogP contribution < -0.4 is 4.90 Å². The minimum Gasteiger partial charge on any atom is -0.340 e. The molecule has 0 bridgehead atoms. The van der Waals surface area contributed by atoms with E-state index < -0.39 is 0 Å². The maximum Gasteiger partial charge on any atom is 0.263 e. The molecule has 0 aliphatic carbocycles. The monoisotopic (exact) mass is 488 g/mol. The van der Waals surface area contributed by atoms with Crippen LogP contribution in [0.25, 0.3) is 27.9 Å². The Morgan fingerprint density at radius 1 is 0.912 bits per heavy atom. The minimum atomic E-state index is 0.0969. The number of aromatic nitrogens is 4. The van der Waals surface area contributed by atoms with E-state index in [0.29, 0.717) is 18.1 Å². The van der Waals surface area contributed by atoms with Gasteiger partial charge in [0, 0.05) is 42.2 Å². The number of para-hydroxylation sites is 1. The van der Waals surface area contributed by atoms with Crippen LogP contribution in [-0.4, -0.2) is 56.6 Å². The maximum atomic E-state index is 12.9. The number of thiophene rings is 1. The highest BCUT2D eigenvalue weighted by molar-refractivity contribution is 7.12. The normalized spacial score (nSPS) is 14.6. The third kappa shape index (κ3) is 3.69. The molecule has 0 unspecified atom stereocenters. The van der Waals surface area contributed by atoms with Crippen LogP contribution in [0.2, 0.25) is 5.02 Å². The van der Waals surface area contributed by atoms with Crippen LogP contribution in [0.4, 0.5) is 5.95 Å². The number of hydrogen-bond acceptors (Lipinski definition) is 6. The minimum absolute atomic E-state index is 0.0969. The topological polar surface area (TPSA) is 66.6 Å². The Labute approximate surface area is 205 Å². The van der Waals surface area contributed by atoms with Gasteiger partial charge < -0.3 is 9.80 Å². The molecule has 6 rings (SSSR count). The summed E-state index contributed by atoms with van der Waals surface area (Å²) in [6.45, 7) is 2.81. The second-order valence-electron chi connectivity index (χ2n) is 8.23. The Morgan fingerprint density at radius 2 is 1.76 bits per heavy atom. The SMILES string of the molecule is O=C(c1cccs1)N1CCCN(c2nc3ccccc3c3nnc(-c4ccc(Cl)cc4)n23)CC1. The van der Waals surface area contributed by atoms with Crippen molar-refractivity contribution in [1.29, 1.82) is 0 Å². The van der Waals surface area contributed by atoms with Gasteiger partial charge in [0.15, 0.2) is 11.5 Å². The summed E-state index contributed by atoms with van der Waals surface area (Å²) in [7, 11) is 0. The highest BCUT2D eigenvalue weighted by Crippen LogP contribution is 2.29. The van der Waals surface area contributed by atoms with Gasteiger partial charge in [-0.1, -0.05) is 29.8 Å². The van der Waals surface area contributed by atoms with Crippen LogP contribution in [0, 0.1) is 0 Å². The van der Waals surface area contributed by atoms with Crippen molar-refractivity contribution in [2.45, 2.75) is 6.42 Å². The highest BCUT2D eigenvalue weighted by Gasteiger charge is 2.25. The first-order valence-corrected chi connectivity index (χ1v) is 12.4. The van der Waals surface area contributed by atoms with Gasteiger partial charge in [-0.15, -0.1) is 21.5 Å². The summed E-state index contributed by atoms with van der Waals surface area (Å²) in [5.41, 5.74) is 2.55. The number of carbonyl (C=O) groups excluding carboxylic acids is 1. The molecule has 1 aliphatic heterocycles. The molecule has 2 aromatic carbocycles. The number of benzene rings is 2. The Balaban J connectivity index is 1.43. The molecule has 1 amide bonds. The van der Waals surface area contributed by atoms with Crippen LogP contribution in [0.3, 0.4) is 0 Å². The first kappa shape index (κ1) is 21.1. The zero-order valence-electron chi connectivity index (χ0n) is 18.3. The fraction of sp³-hybridized carbons (Fsp3) is 0.200. The van der Waals surface area contributed by atoms with E-state index in [0.717, 1.165) is 58.3 Å². The zero-order chi connectivity index (χ0) is 23.1. The first-order valence-electron chi connectivity index (χ1n) is 11.2. The molecule has 0 N–H and O–H groups in total. The summed E-state index contributed by atoms with van der Waals surface area (Å²) in [6.07, 6.45) is 0.853. The van der Waals surface area contributed by atoms with Crippen LogP contribution in [0.1, 0.15) is 16.1 Å². The van der Waals surface area contributed by atoms with E-state index >= 15 is 0 Å². The van der Waals surface area contributed by atoms with Gasteiger partial charge in [-0.05, 0) is 54.3 Å². The number of rotatable bonds is 3. The summed E-state index contributed by atoms with van der Waals surface area (Å²) in [5, 5.41) is 12.7. The van der Waals surface area contributed by atoms with Crippen molar-refractivity contribution in [2.24, 2.45) is 0 Å². The summed E-state index contributed by atoms with van der Waals surface area (Å²) >= 11 is 7.61. The zero-order valence-corrected chi connectivity index (χ0v) is 19.8.